The molecule has 0 spiro atoms. The van der Waals surface area contributed by atoms with Crippen LogP contribution >= 0.6 is 0 Å². The molecular formula is C19H25NaO3S. The van der Waals surface area contributed by atoms with E-state index in [4.69, 9.17) is 0 Å². The molecule has 2 aromatic carbocycles. The fourth-order valence-electron chi connectivity index (χ4n) is 3.31. The van der Waals surface area contributed by atoms with Crippen LogP contribution in [0.2, 0.25) is 0 Å². The number of rotatable bonds is 4. The van der Waals surface area contributed by atoms with Gasteiger partial charge >= 0.3 is 29.6 Å². The van der Waals surface area contributed by atoms with Gasteiger partial charge in [0.05, 0.1) is 4.90 Å². The molecule has 5 heteroatoms. The van der Waals surface area contributed by atoms with E-state index in [2.05, 4.69) is 33.8 Å². The van der Waals surface area contributed by atoms with E-state index in [9.17, 15) is 13.0 Å². The second-order valence-corrected chi connectivity index (χ2v) is 8.41. The molecule has 126 valence electrons. The first-order valence-electron chi connectivity index (χ1n) is 8.11. The third-order valence-electron chi connectivity index (χ3n) is 4.32. The molecule has 0 heterocycles. The van der Waals surface area contributed by atoms with Crippen LogP contribution in [0.4, 0.5) is 0 Å². The van der Waals surface area contributed by atoms with E-state index in [0.29, 0.717) is 11.3 Å². The van der Waals surface area contributed by atoms with Crippen molar-refractivity contribution in [2.45, 2.75) is 64.2 Å². The molecule has 3 nitrogen and oxygen atoms in total. The molecule has 0 aliphatic rings. The first-order chi connectivity index (χ1) is 10.6. The van der Waals surface area contributed by atoms with E-state index in [0.717, 1.165) is 16.5 Å². The standard InChI is InChI=1S/C19H26O3S.Na/c1-11(2)15-10-16(12(3)4)19-14(18(15)13(5)6)8-7-9-17(19)23(20,21)22;/h7-13H,1-6H3,(H,20,21,22);/q;+1/p-1. The molecule has 0 saturated carbocycles. The molecule has 2 rings (SSSR count). The average Bonchev–Trinajstić information content (AvgIpc) is 2.42. The van der Waals surface area contributed by atoms with Crippen molar-refractivity contribution in [3.63, 3.8) is 0 Å². The van der Waals surface area contributed by atoms with Crippen LogP contribution in [0.5, 0.6) is 0 Å². The van der Waals surface area contributed by atoms with Crippen molar-refractivity contribution in [1.29, 1.82) is 0 Å². The van der Waals surface area contributed by atoms with Crippen molar-refractivity contribution in [3.8, 4) is 0 Å². The van der Waals surface area contributed by atoms with Gasteiger partial charge in [-0.1, -0.05) is 59.7 Å². The molecule has 0 aliphatic heterocycles. The van der Waals surface area contributed by atoms with Gasteiger partial charge in [-0.2, -0.15) is 0 Å². The topological polar surface area (TPSA) is 57.2 Å². The van der Waals surface area contributed by atoms with Crippen molar-refractivity contribution in [2.24, 2.45) is 0 Å². The Kier molecular flexibility index (Phi) is 7.11. The van der Waals surface area contributed by atoms with Gasteiger partial charge in [-0.15, -0.1) is 0 Å². The second-order valence-electron chi connectivity index (χ2n) is 7.07. The van der Waals surface area contributed by atoms with E-state index in [1.54, 1.807) is 6.07 Å². The summed E-state index contributed by atoms with van der Waals surface area (Å²) in [5.41, 5.74) is 3.31. The Balaban J connectivity index is 0.00000288. The smallest absolute Gasteiger partial charge is 0.744 e. The Morgan fingerprint density at radius 2 is 1.42 bits per heavy atom. The van der Waals surface area contributed by atoms with Gasteiger partial charge in [0.2, 0.25) is 0 Å². The van der Waals surface area contributed by atoms with Gasteiger partial charge in [0.15, 0.2) is 0 Å². The third-order valence-corrected chi connectivity index (χ3v) is 5.20. The summed E-state index contributed by atoms with van der Waals surface area (Å²) in [6, 6.07) is 7.14. The summed E-state index contributed by atoms with van der Waals surface area (Å²) in [4.78, 5) is -0.101. The van der Waals surface area contributed by atoms with E-state index in [1.807, 2.05) is 19.9 Å². The zero-order valence-corrected chi connectivity index (χ0v) is 18.5. The van der Waals surface area contributed by atoms with Crippen molar-refractivity contribution in [3.05, 3.63) is 41.0 Å². The number of benzene rings is 2. The Bertz CT molecular complexity index is 837. The van der Waals surface area contributed by atoms with Crippen molar-refractivity contribution in [1.82, 2.24) is 0 Å². The minimum Gasteiger partial charge on any atom is -0.744 e. The van der Waals surface area contributed by atoms with Crippen LogP contribution in [0.3, 0.4) is 0 Å². The van der Waals surface area contributed by atoms with Crippen LogP contribution in [-0.2, 0) is 10.1 Å². The maximum atomic E-state index is 11.8. The van der Waals surface area contributed by atoms with Crippen molar-refractivity contribution in [2.75, 3.05) is 0 Å². The van der Waals surface area contributed by atoms with Gasteiger partial charge in [0.25, 0.3) is 0 Å². The van der Waals surface area contributed by atoms with E-state index >= 15 is 0 Å². The molecule has 24 heavy (non-hydrogen) atoms. The summed E-state index contributed by atoms with van der Waals surface area (Å²) >= 11 is 0. The zero-order chi connectivity index (χ0) is 17.5. The quantitative estimate of drug-likeness (QED) is 0.623. The number of hydrogen-bond donors (Lipinski definition) is 0. The largest absolute Gasteiger partial charge is 1.00 e. The predicted octanol–water partition coefficient (Wildman–Crippen LogP) is 2.12. The van der Waals surface area contributed by atoms with Crippen LogP contribution in [0, 0.1) is 0 Å². The van der Waals surface area contributed by atoms with E-state index in [-0.39, 0.29) is 46.3 Å². The van der Waals surface area contributed by atoms with Gasteiger partial charge in [-0.3, -0.25) is 0 Å². The first kappa shape index (κ1) is 21.7. The van der Waals surface area contributed by atoms with E-state index in [1.165, 1.54) is 11.6 Å². The van der Waals surface area contributed by atoms with Crippen LogP contribution in [0.15, 0.2) is 29.2 Å². The summed E-state index contributed by atoms with van der Waals surface area (Å²) in [7, 11) is -4.51. The van der Waals surface area contributed by atoms with E-state index < -0.39 is 10.1 Å². The van der Waals surface area contributed by atoms with Crippen LogP contribution in [0.25, 0.3) is 10.8 Å². The fraction of sp³-hybridized carbons (Fsp3) is 0.474. The SMILES string of the molecule is CC(C)c1cc(C(C)C)c2c(S(=O)(=O)[O-])cccc2c1C(C)C.[Na+]. The summed E-state index contributed by atoms with van der Waals surface area (Å²) < 4.78 is 35.3. The van der Waals surface area contributed by atoms with Gasteiger partial charge < -0.3 is 4.55 Å². The molecule has 0 fully saturated rings. The number of fused-ring (bicyclic) bond motifs is 1. The predicted molar refractivity (Wildman–Crippen MR) is 94.2 cm³/mol. The van der Waals surface area contributed by atoms with Gasteiger partial charge in [-0.25, -0.2) is 8.42 Å². The first-order valence-corrected chi connectivity index (χ1v) is 9.51. The van der Waals surface area contributed by atoms with Crippen LogP contribution in [-0.4, -0.2) is 13.0 Å². The molecule has 2 aromatic rings. The number of hydrogen-bond acceptors (Lipinski definition) is 3. The maximum Gasteiger partial charge on any atom is 1.00 e. The molecule has 0 aliphatic carbocycles. The van der Waals surface area contributed by atoms with Gasteiger partial charge in [0.1, 0.15) is 10.1 Å². The molecule has 0 unspecified atom stereocenters. The van der Waals surface area contributed by atoms with Crippen molar-refractivity contribution >= 4 is 20.9 Å². The summed E-state index contributed by atoms with van der Waals surface area (Å²) in [6.45, 7) is 12.6. The summed E-state index contributed by atoms with van der Waals surface area (Å²) in [5, 5.41) is 1.50. The van der Waals surface area contributed by atoms with Gasteiger partial charge in [0, 0.05) is 5.39 Å². The van der Waals surface area contributed by atoms with Crippen molar-refractivity contribution < 1.29 is 42.5 Å². The Hall–Kier alpha value is -0.390. The Morgan fingerprint density at radius 1 is 0.875 bits per heavy atom. The van der Waals surface area contributed by atoms with Gasteiger partial charge in [-0.05, 0) is 45.9 Å². The molecule has 0 radical (unpaired) electrons. The maximum absolute atomic E-state index is 11.8. The minimum absolute atomic E-state index is 0. The summed E-state index contributed by atoms with van der Waals surface area (Å²) in [5.74, 6) is 0.724. The molecule has 0 saturated heterocycles. The molecular weight excluding hydrogens is 331 g/mol. The average molecular weight is 356 g/mol. The second kappa shape index (κ2) is 7.88. The molecule has 0 atom stereocenters. The zero-order valence-electron chi connectivity index (χ0n) is 15.7. The Morgan fingerprint density at radius 3 is 1.83 bits per heavy atom. The third kappa shape index (κ3) is 4.05. The molecule has 0 bridgehead atoms. The monoisotopic (exact) mass is 356 g/mol. The van der Waals surface area contributed by atoms with Crippen LogP contribution < -0.4 is 29.6 Å². The normalized spacial score (nSPS) is 12.2. The minimum atomic E-state index is -4.51. The molecule has 0 amide bonds. The fourth-order valence-corrected chi connectivity index (χ4v) is 4.04. The van der Waals surface area contributed by atoms with Crippen LogP contribution in [0.1, 0.15) is 76.0 Å². The molecule has 0 N–H and O–H groups in total. The Labute approximate surface area is 167 Å². The summed E-state index contributed by atoms with van der Waals surface area (Å²) in [6.07, 6.45) is 0. The molecule has 0 aromatic heterocycles.